The number of carbonyl (C=O) groups is 3. The molecule has 2 heterocycles. The Morgan fingerprint density at radius 2 is 1.97 bits per heavy atom. The van der Waals surface area contributed by atoms with Crippen LogP contribution < -0.4 is 19.7 Å². The van der Waals surface area contributed by atoms with Gasteiger partial charge >= 0.3 is 0 Å². The van der Waals surface area contributed by atoms with Crippen LogP contribution in [0.15, 0.2) is 60.8 Å². The van der Waals surface area contributed by atoms with Gasteiger partial charge in [0.25, 0.3) is 5.91 Å². The molecule has 1 aromatic heterocycles. The van der Waals surface area contributed by atoms with Gasteiger partial charge in [-0.2, -0.15) is 0 Å². The SMILES string of the molecule is Cc1ccc(C)c(OCC(=O)c2ccc3c(c2)N(CCCC(=O)NCc2ccccn2)C(=O)CO3)c1. The van der Waals surface area contributed by atoms with Crippen molar-refractivity contribution in [3.05, 3.63) is 83.2 Å². The summed E-state index contributed by atoms with van der Waals surface area (Å²) in [4.78, 5) is 43.4. The summed E-state index contributed by atoms with van der Waals surface area (Å²) >= 11 is 0. The maximum Gasteiger partial charge on any atom is 0.265 e. The number of ketones is 1. The van der Waals surface area contributed by atoms with Gasteiger partial charge in [0.05, 0.1) is 17.9 Å². The van der Waals surface area contributed by atoms with Crippen molar-refractivity contribution in [1.29, 1.82) is 0 Å². The molecule has 2 aromatic carbocycles. The fourth-order valence-electron chi connectivity index (χ4n) is 3.89. The summed E-state index contributed by atoms with van der Waals surface area (Å²) in [5, 5.41) is 2.84. The van der Waals surface area contributed by atoms with E-state index in [0.717, 1.165) is 16.8 Å². The topological polar surface area (TPSA) is 97.8 Å². The van der Waals surface area contributed by atoms with Gasteiger partial charge in [0.2, 0.25) is 5.91 Å². The van der Waals surface area contributed by atoms with Gasteiger partial charge in [-0.3, -0.25) is 19.4 Å². The maximum absolute atomic E-state index is 12.9. The van der Waals surface area contributed by atoms with Crippen molar-refractivity contribution in [2.24, 2.45) is 0 Å². The van der Waals surface area contributed by atoms with Gasteiger partial charge < -0.3 is 19.7 Å². The number of pyridine rings is 1. The Morgan fingerprint density at radius 1 is 1.11 bits per heavy atom. The zero-order chi connectivity index (χ0) is 25.5. The number of fused-ring (bicyclic) bond motifs is 1. The number of hydrogen-bond donors (Lipinski definition) is 1. The molecule has 1 N–H and O–H groups in total. The van der Waals surface area contributed by atoms with Gasteiger partial charge in [-0.1, -0.05) is 18.2 Å². The zero-order valence-corrected chi connectivity index (χ0v) is 20.5. The second kappa shape index (κ2) is 11.5. The molecule has 186 valence electrons. The summed E-state index contributed by atoms with van der Waals surface area (Å²) in [6.45, 7) is 4.39. The number of aryl methyl sites for hydroxylation is 2. The number of amides is 2. The molecule has 4 rings (SSSR count). The van der Waals surface area contributed by atoms with E-state index >= 15 is 0 Å². The van der Waals surface area contributed by atoms with Crippen molar-refractivity contribution < 1.29 is 23.9 Å². The molecule has 0 bridgehead atoms. The lowest BCUT2D eigenvalue weighted by Crippen LogP contribution is -2.40. The van der Waals surface area contributed by atoms with Crippen LogP contribution in [0.25, 0.3) is 0 Å². The molecule has 8 heteroatoms. The highest BCUT2D eigenvalue weighted by Gasteiger charge is 2.26. The van der Waals surface area contributed by atoms with Crippen LogP contribution in [-0.4, -0.2) is 42.3 Å². The highest BCUT2D eigenvalue weighted by molar-refractivity contribution is 6.02. The molecule has 0 saturated carbocycles. The first-order chi connectivity index (χ1) is 17.4. The van der Waals surface area contributed by atoms with Crippen LogP contribution in [-0.2, 0) is 16.1 Å². The molecule has 0 aliphatic carbocycles. The standard InChI is InChI=1S/C28H29N3O5/c1-19-8-9-20(2)26(14-19)35-17-24(32)21-10-11-25-23(15-21)31(28(34)18-36-25)13-5-7-27(33)30-16-22-6-3-4-12-29-22/h3-4,6,8-12,14-15H,5,7,13,16-18H2,1-2H3,(H,30,33). The minimum atomic E-state index is -0.215. The Hall–Kier alpha value is -4.20. The second-order valence-electron chi connectivity index (χ2n) is 8.70. The van der Waals surface area contributed by atoms with Gasteiger partial charge in [0.15, 0.2) is 19.0 Å². The Labute approximate surface area is 210 Å². The van der Waals surface area contributed by atoms with Crippen molar-refractivity contribution in [2.75, 3.05) is 24.7 Å². The molecule has 0 saturated heterocycles. The molecule has 0 atom stereocenters. The normalized spacial score (nSPS) is 12.5. The quantitative estimate of drug-likeness (QED) is 0.437. The fraction of sp³-hybridized carbons (Fsp3) is 0.286. The summed E-state index contributed by atoms with van der Waals surface area (Å²) in [5.74, 6) is 0.663. The third kappa shape index (κ3) is 6.27. The lowest BCUT2D eigenvalue weighted by Gasteiger charge is -2.29. The van der Waals surface area contributed by atoms with E-state index in [9.17, 15) is 14.4 Å². The molecule has 8 nitrogen and oxygen atoms in total. The lowest BCUT2D eigenvalue weighted by molar-refractivity contribution is -0.123. The first kappa shape index (κ1) is 24.9. The van der Waals surface area contributed by atoms with Crippen LogP contribution in [0.5, 0.6) is 11.5 Å². The molecule has 36 heavy (non-hydrogen) atoms. The van der Waals surface area contributed by atoms with Crippen LogP contribution >= 0.6 is 0 Å². The van der Waals surface area contributed by atoms with Crippen molar-refractivity contribution in [2.45, 2.75) is 33.2 Å². The third-order valence-electron chi connectivity index (χ3n) is 5.90. The van der Waals surface area contributed by atoms with Gasteiger partial charge in [-0.25, -0.2) is 0 Å². The van der Waals surface area contributed by atoms with Gasteiger partial charge in [0, 0.05) is 24.7 Å². The van der Waals surface area contributed by atoms with Crippen molar-refractivity contribution in [1.82, 2.24) is 10.3 Å². The number of nitrogens with one attached hydrogen (secondary N) is 1. The zero-order valence-electron chi connectivity index (χ0n) is 20.5. The third-order valence-corrected chi connectivity index (χ3v) is 5.90. The number of Topliss-reactive ketones (excluding diaryl/α,β-unsaturated/α-hetero) is 1. The monoisotopic (exact) mass is 487 g/mol. The summed E-state index contributed by atoms with van der Waals surface area (Å²) in [7, 11) is 0. The van der Waals surface area contributed by atoms with Gasteiger partial charge in [-0.15, -0.1) is 0 Å². The molecular weight excluding hydrogens is 458 g/mol. The van der Waals surface area contributed by atoms with E-state index in [1.54, 1.807) is 29.3 Å². The molecule has 3 aromatic rings. The van der Waals surface area contributed by atoms with Crippen molar-refractivity contribution >= 4 is 23.3 Å². The predicted octanol–water partition coefficient (Wildman–Crippen LogP) is 3.78. The van der Waals surface area contributed by atoms with Crippen molar-refractivity contribution in [3.8, 4) is 11.5 Å². The number of rotatable bonds is 10. The number of aromatic nitrogens is 1. The molecule has 1 aliphatic rings. The number of ether oxygens (including phenoxy) is 2. The number of benzene rings is 2. The lowest BCUT2D eigenvalue weighted by atomic mass is 10.1. The van der Waals surface area contributed by atoms with Crippen LogP contribution in [0.4, 0.5) is 5.69 Å². The molecular formula is C28H29N3O5. The van der Waals surface area contributed by atoms with Crippen molar-refractivity contribution in [3.63, 3.8) is 0 Å². The van der Waals surface area contributed by atoms with E-state index in [4.69, 9.17) is 9.47 Å². The van der Waals surface area contributed by atoms with Gasteiger partial charge in [-0.05, 0) is 67.8 Å². The Balaban J connectivity index is 1.36. The number of hydrogen-bond acceptors (Lipinski definition) is 6. The molecule has 0 spiro atoms. The van der Waals surface area contributed by atoms with E-state index in [1.807, 2.05) is 50.2 Å². The average molecular weight is 488 g/mol. The van der Waals surface area contributed by atoms with E-state index in [-0.39, 0.29) is 37.2 Å². The smallest absolute Gasteiger partial charge is 0.265 e. The van der Waals surface area contributed by atoms with Crippen LogP contribution in [0, 0.1) is 13.8 Å². The Bertz CT molecular complexity index is 1260. The molecule has 2 amide bonds. The second-order valence-corrected chi connectivity index (χ2v) is 8.70. The molecule has 1 aliphatic heterocycles. The van der Waals surface area contributed by atoms with Crippen LogP contribution in [0.2, 0.25) is 0 Å². The molecule has 0 radical (unpaired) electrons. The highest BCUT2D eigenvalue weighted by Crippen LogP contribution is 2.33. The average Bonchev–Trinajstić information content (AvgIpc) is 2.89. The first-order valence-corrected chi connectivity index (χ1v) is 11.9. The number of nitrogens with zero attached hydrogens (tertiary/aromatic N) is 2. The number of carbonyl (C=O) groups excluding carboxylic acids is 3. The summed E-state index contributed by atoms with van der Waals surface area (Å²) in [5.41, 5.74) is 3.73. The maximum atomic E-state index is 12.9. The summed E-state index contributed by atoms with van der Waals surface area (Å²) < 4.78 is 11.3. The van der Waals surface area contributed by atoms with Crippen LogP contribution in [0.3, 0.4) is 0 Å². The number of anilines is 1. The van der Waals surface area contributed by atoms with E-state index < -0.39 is 0 Å². The summed E-state index contributed by atoms with van der Waals surface area (Å²) in [6.07, 6.45) is 2.40. The van der Waals surface area contributed by atoms with Gasteiger partial charge in [0.1, 0.15) is 11.5 Å². The molecule has 0 unspecified atom stereocenters. The fourth-order valence-corrected chi connectivity index (χ4v) is 3.89. The molecule has 0 fully saturated rings. The van der Waals surface area contributed by atoms with E-state index in [2.05, 4.69) is 10.3 Å². The first-order valence-electron chi connectivity index (χ1n) is 11.9. The van der Waals surface area contributed by atoms with E-state index in [1.165, 1.54) is 0 Å². The Morgan fingerprint density at radius 3 is 2.78 bits per heavy atom. The Kier molecular flexibility index (Phi) is 7.95. The largest absolute Gasteiger partial charge is 0.485 e. The minimum absolute atomic E-state index is 0.0814. The predicted molar refractivity (Wildman–Crippen MR) is 135 cm³/mol. The summed E-state index contributed by atoms with van der Waals surface area (Å²) in [6, 6.07) is 16.4. The van der Waals surface area contributed by atoms with Crippen LogP contribution in [0.1, 0.15) is 40.0 Å². The minimum Gasteiger partial charge on any atom is -0.485 e. The van der Waals surface area contributed by atoms with E-state index in [0.29, 0.717) is 42.3 Å². The highest BCUT2D eigenvalue weighted by atomic mass is 16.5.